The average Bonchev–Trinajstić information content (AvgIpc) is 2.20. The number of carbonyl (C=O) groups excluding carboxylic acids is 1. The topological polar surface area (TPSA) is 26.3 Å². The van der Waals surface area contributed by atoms with Gasteiger partial charge in [-0.3, -0.25) is 0 Å². The zero-order chi connectivity index (χ0) is 10.6. The lowest BCUT2D eigenvalue weighted by molar-refractivity contribution is -0.108. The molecule has 76 valence electrons. The van der Waals surface area contributed by atoms with E-state index in [0.29, 0.717) is 6.61 Å². The first kappa shape index (κ1) is 11.5. The summed E-state index contributed by atoms with van der Waals surface area (Å²) in [6.07, 6.45) is 0.952. The lowest BCUT2D eigenvalue weighted by atomic mass is 10.0. The van der Waals surface area contributed by atoms with Crippen LogP contribution in [0, 0.1) is 3.57 Å². The number of halogens is 1. The second-order valence-corrected chi connectivity index (χ2v) is 4.10. The highest BCUT2D eigenvalue weighted by Crippen LogP contribution is 2.28. The summed E-state index contributed by atoms with van der Waals surface area (Å²) in [6, 6.07) is 5.80. The molecule has 1 unspecified atom stereocenters. The standard InChI is InChI=1S/C11H13IO2/c1-3-14-10-6-4-5-9(11(10)12)8(2)7-13/h4-8H,3H2,1-2H3. The van der Waals surface area contributed by atoms with Gasteiger partial charge in [-0.25, -0.2) is 0 Å². The summed E-state index contributed by atoms with van der Waals surface area (Å²) in [7, 11) is 0. The van der Waals surface area contributed by atoms with Crippen LogP contribution in [-0.2, 0) is 4.79 Å². The van der Waals surface area contributed by atoms with Crippen LogP contribution in [0.1, 0.15) is 25.3 Å². The Morgan fingerprint density at radius 2 is 2.29 bits per heavy atom. The van der Waals surface area contributed by atoms with Crippen LogP contribution in [0.3, 0.4) is 0 Å². The van der Waals surface area contributed by atoms with Crippen molar-refractivity contribution in [2.24, 2.45) is 0 Å². The Bertz CT molecular complexity index is 323. The van der Waals surface area contributed by atoms with E-state index in [0.717, 1.165) is 21.2 Å². The van der Waals surface area contributed by atoms with Crippen molar-refractivity contribution in [2.45, 2.75) is 19.8 Å². The van der Waals surface area contributed by atoms with Gasteiger partial charge in [0.15, 0.2) is 0 Å². The molecule has 0 saturated heterocycles. The fraction of sp³-hybridized carbons (Fsp3) is 0.364. The van der Waals surface area contributed by atoms with Crippen molar-refractivity contribution in [1.29, 1.82) is 0 Å². The van der Waals surface area contributed by atoms with Gasteiger partial charge in [-0.2, -0.15) is 0 Å². The van der Waals surface area contributed by atoms with Gasteiger partial charge < -0.3 is 9.53 Å². The lowest BCUT2D eigenvalue weighted by Gasteiger charge is -2.11. The monoisotopic (exact) mass is 304 g/mol. The second kappa shape index (κ2) is 5.34. The Morgan fingerprint density at radius 3 is 2.86 bits per heavy atom. The summed E-state index contributed by atoms with van der Waals surface area (Å²) in [4.78, 5) is 10.7. The van der Waals surface area contributed by atoms with Crippen molar-refractivity contribution in [3.63, 3.8) is 0 Å². The summed E-state index contributed by atoms with van der Waals surface area (Å²) >= 11 is 2.22. The SMILES string of the molecule is CCOc1cccc(C(C)C=O)c1I. The molecule has 0 fully saturated rings. The number of hydrogen-bond acceptors (Lipinski definition) is 2. The zero-order valence-electron chi connectivity index (χ0n) is 8.29. The van der Waals surface area contributed by atoms with E-state index >= 15 is 0 Å². The Labute approximate surface area is 97.8 Å². The van der Waals surface area contributed by atoms with Crippen LogP contribution in [0.4, 0.5) is 0 Å². The average molecular weight is 304 g/mol. The lowest BCUT2D eigenvalue weighted by Crippen LogP contribution is -2.01. The molecule has 0 bridgehead atoms. The normalized spacial score (nSPS) is 12.2. The molecule has 3 heteroatoms. The molecule has 0 N–H and O–H groups in total. The van der Waals surface area contributed by atoms with Crippen LogP contribution in [0.5, 0.6) is 5.75 Å². The number of hydrogen-bond donors (Lipinski definition) is 0. The second-order valence-electron chi connectivity index (χ2n) is 3.02. The van der Waals surface area contributed by atoms with Crippen molar-refractivity contribution in [3.8, 4) is 5.75 Å². The van der Waals surface area contributed by atoms with Crippen LogP contribution in [-0.4, -0.2) is 12.9 Å². The number of ether oxygens (including phenoxy) is 1. The third kappa shape index (κ3) is 2.47. The van der Waals surface area contributed by atoms with E-state index in [1.165, 1.54) is 0 Å². The van der Waals surface area contributed by atoms with E-state index in [1.807, 2.05) is 32.0 Å². The Hall–Kier alpha value is -0.580. The van der Waals surface area contributed by atoms with E-state index in [1.54, 1.807) is 0 Å². The van der Waals surface area contributed by atoms with E-state index in [9.17, 15) is 4.79 Å². The molecule has 0 amide bonds. The third-order valence-corrected chi connectivity index (χ3v) is 3.14. The van der Waals surface area contributed by atoms with Gasteiger partial charge in [0.1, 0.15) is 12.0 Å². The van der Waals surface area contributed by atoms with Crippen molar-refractivity contribution in [2.75, 3.05) is 6.61 Å². The minimum atomic E-state index is -0.0673. The number of aldehydes is 1. The zero-order valence-corrected chi connectivity index (χ0v) is 10.4. The molecule has 0 aliphatic rings. The van der Waals surface area contributed by atoms with E-state index in [2.05, 4.69) is 22.6 Å². The highest BCUT2D eigenvalue weighted by Gasteiger charge is 2.11. The molecular weight excluding hydrogens is 291 g/mol. The maximum Gasteiger partial charge on any atom is 0.132 e. The van der Waals surface area contributed by atoms with Crippen LogP contribution in [0.25, 0.3) is 0 Å². The summed E-state index contributed by atoms with van der Waals surface area (Å²) in [5, 5.41) is 0. The smallest absolute Gasteiger partial charge is 0.132 e. The van der Waals surface area contributed by atoms with Gasteiger partial charge in [-0.05, 0) is 41.1 Å². The fourth-order valence-corrected chi connectivity index (χ4v) is 2.23. The maximum atomic E-state index is 10.7. The molecule has 0 aliphatic carbocycles. The van der Waals surface area contributed by atoms with Crippen LogP contribution < -0.4 is 4.74 Å². The van der Waals surface area contributed by atoms with Gasteiger partial charge >= 0.3 is 0 Å². The van der Waals surface area contributed by atoms with Crippen LogP contribution in [0.2, 0.25) is 0 Å². The quantitative estimate of drug-likeness (QED) is 0.631. The Kier molecular flexibility index (Phi) is 4.38. The minimum Gasteiger partial charge on any atom is -0.493 e. The first-order chi connectivity index (χ1) is 6.70. The van der Waals surface area contributed by atoms with Gasteiger partial charge in [-0.15, -0.1) is 0 Å². The molecule has 1 aromatic rings. The van der Waals surface area contributed by atoms with Gasteiger partial charge in [-0.1, -0.05) is 19.1 Å². The Balaban J connectivity index is 3.06. The first-order valence-corrected chi connectivity index (χ1v) is 5.65. The minimum absolute atomic E-state index is 0.0673. The molecule has 0 saturated carbocycles. The first-order valence-electron chi connectivity index (χ1n) is 4.57. The Morgan fingerprint density at radius 1 is 1.57 bits per heavy atom. The van der Waals surface area contributed by atoms with E-state index < -0.39 is 0 Å². The predicted octanol–water partition coefficient (Wildman–Crippen LogP) is 2.99. The maximum absolute atomic E-state index is 10.7. The molecule has 0 spiro atoms. The third-order valence-electron chi connectivity index (χ3n) is 1.99. The molecule has 1 rings (SSSR count). The van der Waals surface area contributed by atoms with Gasteiger partial charge in [0, 0.05) is 5.92 Å². The fourth-order valence-electron chi connectivity index (χ4n) is 1.22. The molecular formula is C11H13IO2. The van der Waals surface area contributed by atoms with E-state index in [-0.39, 0.29) is 5.92 Å². The predicted molar refractivity (Wildman–Crippen MR) is 64.8 cm³/mol. The van der Waals surface area contributed by atoms with Crippen LogP contribution >= 0.6 is 22.6 Å². The van der Waals surface area contributed by atoms with Gasteiger partial charge in [0.25, 0.3) is 0 Å². The van der Waals surface area contributed by atoms with E-state index in [4.69, 9.17) is 4.74 Å². The number of carbonyl (C=O) groups is 1. The van der Waals surface area contributed by atoms with Crippen molar-refractivity contribution >= 4 is 28.9 Å². The molecule has 1 atom stereocenters. The number of rotatable bonds is 4. The summed E-state index contributed by atoms with van der Waals surface area (Å²) in [5.41, 5.74) is 1.03. The van der Waals surface area contributed by atoms with Gasteiger partial charge in [0.2, 0.25) is 0 Å². The summed E-state index contributed by atoms with van der Waals surface area (Å²) < 4.78 is 6.48. The van der Waals surface area contributed by atoms with Gasteiger partial charge in [0.05, 0.1) is 10.2 Å². The molecule has 1 aromatic carbocycles. The molecule has 0 aliphatic heterocycles. The molecule has 0 heterocycles. The molecule has 0 radical (unpaired) electrons. The van der Waals surface area contributed by atoms with Crippen molar-refractivity contribution in [1.82, 2.24) is 0 Å². The van der Waals surface area contributed by atoms with Crippen molar-refractivity contribution in [3.05, 3.63) is 27.3 Å². The highest BCUT2D eigenvalue weighted by atomic mass is 127. The molecule has 2 nitrogen and oxygen atoms in total. The van der Waals surface area contributed by atoms with Crippen molar-refractivity contribution < 1.29 is 9.53 Å². The summed E-state index contributed by atoms with van der Waals surface area (Å²) in [5.74, 6) is 0.793. The number of benzene rings is 1. The molecule has 14 heavy (non-hydrogen) atoms. The largest absolute Gasteiger partial charge is 0.493 e. The van der Waals surface area contributed by atoms with Crippen LogP contribution in [0.15, 0.2) is 18.2 Å². The highest BCUT2D eigenvalue weighted by molar-refractivity contribution is 14.1. The molecule has 0 aromatic heterocycles. The summed E-state index contributed by atoms with van der Waals surface area (Å²) in [6.45, 7) is 4.49.